The maximum atomic E-state index is 5.51. The molecule has 0 aliphatic heterocycles. The Kier molecular flexibility index (Phi) is 6.54. The molecule has 0 radical (unpaired) electrons. The van der Waals surface area contributed by atoms with Crippen molar-refractivity contribution < 1.29 is 9.47 Å². The van der Waals surface area contributed by atoms with E-state index in [1.165, 1.54) is 5.56 Å². The quantitative estimate of drug-likeness (QED) is 0.737. The number of nitrogens with two attached hydrogens (primary N) is 1. The molecule has 1 aromatic carbocycles. The van der Waals surface area contributed by atoms with Crippen LogP contribution in [0.4, 0.5) is 0 Å². The average Bonchev–Trinajstić information content (AvgIpc) is 2.43. The van der Waals surface area contributed by atoms with Gasteiger partial charge in [0.1, 0.15) is 0 Å². The van der Waals surface area contributed by atoms with Crippen molar-refractivity contribution in [3.63, 3.8) is 0 Å². The molecule has 0 saturated heterocycles. The van der Waals surface area contributed by atoms with Gasteiger partial charge in [-0.15, -0.1) is 0 Å². The SMILES string of the molecule is CCC(Cc1ccc(OC)c(OC)c1)NCCN. The van der Waals surface area contributed by atoms with Gasteiger partial charge in [-0.05, 0) is 30.5 Å². The van der Waals surface area contributed by atoms with E-state index in [1.54, 1.807) is 14.2 Å². The molecular formula is C14H24N2O2. The fourth-order valence-electron chi connectivity index (χ4n) is 1.94. The Hall–Kier alpha value is -1.26. The molecule has 0 heterocycles. The van der Waals surface area contributed by atoms with Crippen molar-refractivity contribution in [2.45, 2.75) is 25.8 Å². The van der Waals surface area contributed by atoms with Gasteiger partial charge in [-0.1, -0.05) is 13.0 Å². The van der Waals surface area contributed by atoms with Crippen molar-refractivity contribution in [1.82, 2.24) is 5.32 Å². The molecule has 18 heavy (non-hydrogen) atoms. The van der Waals surface area contributed by atoms with Crippen molar-refractivity contribution in [3.8, 4) is 11.5 Å². The number of methoxy groups -OCH3 is 2. The zero-order valence-corrected chi connectivity index (χ0v) is 11.5. The summed E-state index contributed by atoms with van der Waals surface area (Å²) in [5.41, 5.74) is 6.75. The number of hydrogen-bond donors (Lipinski definition) is 2. The van der Waals surface area contributed by atoms with Crippen molar-refractivity contribution in [2.75, 3.05) is 27.3 Å². The molecule has 1 atom stereocenters. The van der Waals surface area contributed by atoms with Crippen molar-refractivity contribution in [3.05, 3.63) is 23.8 Å². The highest BCUT2D eigenvalue weighted by molar-refractivity contribution is 5.43. The van der Waals surface area contributed by atoms with Gasteiger partial charge in [-0.2, -0.15) is 0 Å². The second-order valence-electron chi connectivity index (χ2n) is 4.24. The fraction of sp³-hybridized carbons (Fsp3) is 0.571. The summed E-state index contributed by atoms with van der Waals surface area (Å²) in [6.45, 7) is 3.70. The van der Waals surface area contributed by atoms with E-state index in [9.17, 15) is 0 Å². The lowest BCUT2D eigenvalue weighted by Gasteiger charge is -2.17. The van der Waals surface area contributed by atoms with Gasteiger partial charge in [0.25, 0.3) is 0 Å². The van der Waals surface area contributed by atoms with Crippen LogP contribution in [-0.4, -0.2) is 33.4 Å². The monoisotopic (exact) mass is 252 g/mol. The topological polar surface area (TPSA) is 56.5 Å². The van der Waals surface area contributed by atoms with Gasteiger partial charge in [-0.3, -0.25) is 0 Å². The first-order valence-corrected chi connectivity index (χ1v) is 6.39. The van der Waals surface area contributed by atoms with Crippen LogP contribution in [0, 0.1) is 0 Å². The van der Waals surface area contributed by atoms with Gasteiger partial charge in [-0.25, -0.2) is 0 Å². The first-order valence-electron chi connectivity index (χ1n) is 6.39. The second kappa shape index (κ2) is 7.95. The number of hydrogen-bond acceptors (Lipinski definition) is 4. The van der Waals surface area contributed by atoms with Gasteiger partial charge in [0, 0.05) is 19.1 Å². The molecule has 0 bridgehead atoms. The van der Waals surface area contributed by atoms with Crippen molar-refractivity contribution in [2.24, 2.45) is 5.73 Å². The van der Waals surface area contributed by atoms with Crippen LogP contribution in [0.1, 0.15) is 18.9 Å². The number of nitrogens with one attached hydrogen (secondary N) is 1. The molecule has 1 aromatic rings. The maximum absolute atomic E-state index is 5.51. The molecule has 0 amide bonds. The van der Waals surface area contributed by atoms with Crippen molar-refractivity contribution in [1.29, 1.82) is 0 Å². The predicted octanol–water partition coefficient (Wildman–Crippen LogP) is 1.57. The summed E-state index contributed by atoms with van der Waals surface area (Å²) in [5, 5.41) is 3.44. The van der Waals surface area contributed by atoms with Gasteiger partial charge >= 0.3 is 0 Å². The lowest BCUT2D eigenvalue weighted by atomic mass is 10.0. The summed E-state index contributed by atoms with van der Waals surface area (Å²) < 4.78 is 10.5. The van der Waals surface area contributed by atoms with Crippen LogP contribution in [0.3, 0.4) is 0 Å². The number of ether oxygens (including phenoxy) is 2. The largest absolute Gasteiger partial charge is 0.493 e. The molecule has 102 valence electrons. The maximum Gasteiger partial charge on any atom is 0.160 e. The lowest BCUT2D eigenvalue weighted by molar-refractivity contribution is 0.354. The standard InChI is InChI=1S/C14H24N2O2/c1-4-12(16-8-7-15)9-11-5-6-13(17-2)14(10-11)18-3/h5-6,10,12,16H,4,7-9,15H2,1-3H3. The Balaban J connectivity index is 2.71. The minimum Gasteiger partial charge on any atom is -0.493 e. The smallest absolute Gasteiger partial charge is 0.160 e. The molecule has 0 spiro atoms. The van der Waals surface area contributed by atoms with Gasteiger partial charge in [0.2, 0.25) is 0 Å². The fourth-order valence-corrected chi connectivity index (χ4v) is 1.94. The van der Waals surface area contributed by atoms with E-state index in [0.29, 0.717) is 12.6 Å². The Morgan fingerprint density at radius 2 is 1.94 bits per heavy atom. The predicted molar refractivity (Wildman–Crippen MR) is 74.4 cm³/mol. The van der Waals surface area contributed by atoms with E-state index in [-0.39, 0.29) is 0 Å². The first kappa shape index (κ1) is 14.8. The molecule has 0 aliphatic carbocycles. The normalized spacial score (nSPS) is 12.2. The minimum atomic E-state index is 0.451. The zero-order valence-electron chi connectivity index (χ0n) is 11.5. The summed E-state index contributed by atoms with van der Waals surface area (Å²) in [5.74, 6) is 1.55. The van der Waals surface area contributed by atoms with Crippen LogP contribution >= 0.6 is 0 Å². The molecule has 4 heteroatoms. The molecule has 0 aliphatic rings. The molecule has 3 N–H and O–H groups in total. The van der Waals surface area contributed by atoms with Crippen LogP contribution in [-0.2, 0) is 6.42 Å². The van der Waals surface area contributed by atoms with Crippen LogP contribution < -0.4 is 20.5 Å². The molecular weight excluding hydrogens is 228 g/mol. The average molecular weight is 252 g/mol. The molecule has 0 aromatic heterocycles. The third-order valence-corrected chi connectivity index (χ3v) is 3.00. The minimum absolute atomic E-state index is 0.451. The Morgan fingerprint density at radius 3 is 2.50 bits per heavy atom. The van der Waals surface area contributed by atoms with E-state index in [0.717, 1.165) is 30.9 Å². The summed E-state index contributed by atoms with van der Waals surface area (Å²) in [6, 6.07) is 6.51. The molecule has 0 saturated carbocycles. The summed E-state index contributed by atoms with van der Waals surface area (Å²) in [4.78, 5) is 0. The molecule has 0 fully saturated rings. The highest BCUT2D eigenvalue weighted by Gasteiger charge is 2.09. The number of rotatable bonds is 8. The summed E-state index contributed by atoms with van der Waals surface area (Å²) in [7, 11) is 3.31. The van der Waals surface area contributed by atoms with Gasteiger partial charge < -0.3 is 20.5 Å². The Bertz CT molecular complexity index is 356. The van der Waals surface area contributed by atoms with E-state index in [4.69, 9.17) is 15.2 Å². The highest BCUT2D eigenvalue weighted by atomic mass is 16.5. The van der Waals surface area contributed by atoms with E-state index in [2.05, 4.69) is 18.3 Å². The Labute approximate surface area is 109 Å². The van der Waals surface area contributed by atoms with Crippen LogP contribution in [0.2, 0.25) is 0 Å². The third-order valence-electron chi connectivity index (χ3n) is 3.00. The molecule has 1 rings (SSSR count). The highest BCUT2D eigenvalue weighted by Crippen LogP contribution is 2.28. The van der Waals surface area contributed by atoms with E-state index >= 15 is 0 Å². The number of benzene rings is 1. The second-order valence-corrected chi connectivity index (χ2v) is 4.24. The summed E-state index contributed by atoms with van der Waals surface area (Å²) in [6.07, 6.45) is 2.05. The lowest BCUT2D eigenvalue weighted by Crippen LogP contribution is -2.34. The third kappa shape index (κ3) is 4.20. The van der Waals surface area contributed by atoms with Crippen LogP contribution in [0.25, 0.3) is 0 Å². The van der Waals surface area contributed by atoms with Crippen molar-refractivity contribution >= 4 is 0 Å². The summed E-state index contributed by atoms with van der Waals surface area (Å²) >= 11 is 0. The van der Waals surface area contributed by atoms with Gasteiger partial charge in [0.15, 0.2) is 11.5 Å². The molecule has 4 nitrogen and oxygen atoms in total. The van der Waals surface area contributed by atoms with Crippen LogP contribution in [0.15, 0.2) is 18.2 Å². The van der Waals surface area contributed by atoms with Gasteiger partial charge in [0.05, 0.1) is 14.2 Å². The zero-order chi connectivity index (χ0) is 13.4. The first-order chi connectivity index (χ1) is 8.74. The molecule has 1 unspecified atom stereocenters. The Morgan fingerprint density at radius 1 is 1.22 bits per heavy atom. The van der Waals surface area contributed by atoms with E-state index in [1.807, 2.05) is 12.1 Å². The van der Waals surface area contributed by atoms with E-state index < -0.39 is 0 Å². The van der Waals surface area contributed by atoms with Crippen LogP contribution in [0.5, 0.6) is 11.5 Å².